The average Bonchev–Trinajstić information content (AvgIpc) is 3.34. The van der Waals surface area contributed by atoms with Crippen LogP contribution in [0.15, 0.2) is 36.5 Å². The summed E-state index contributed by atoms with van der Waals surface area (Å²) in [6, 6.07) is 10.0. The Morgan fingerprint density at radius 3 is 2.71 bits per heavy atom. The van der Waals surface area contributed by atoms with Gasteiger partial charge in [0.15, 0.2) is 5.82 Å². The highest BCUT2D eigenvalue weighted by atomic mass is 127. The Kier molecular flexibility index (Phi) is 3.30. The highest BCUT2D eigenvalue weighted by Crippen LogP contribution is 2.43. The van der Waals surface area contributed by atoms with Gasteiger partial charge >= 0.3 is 0 Å². The van der Waals surface area contributed by atoms with E-state index in [9.17, 15) is 0 Å². The smallest absolute Gasteiger partial charge is 0.163 e. The van der Waals surface area contributed by atoms with Gasteiger partial charge in [-0.15, -0.1) is 0 Å². The minimum Gasteiger partial charge on any atom is -0.255 e. The molecule has 0 bridgehead atoms. The summed E-state index contributed by atoms with van der Waals surface area (Å²) < 4.78 is 0.980. The largest absolute Gasteiger partial charge is 0.255 e. The molecule has 0 radical (unpaired) electrons. The molecule has 0 aliphatic heterocycles. The second kappa shape index (κ2) is 5.18. The topological polar surface area (TPSA) is 38.7 Å². The second-order valence-corrected chi connectivity index (χ2v) is 6.63. The number of hydrogen-bond donors (Lipinski definition) is 0. The molecular formula is C16H11ClIN3. The Hall–Kier alpha value is -1.27. The van der Waals surface area contributed by atoms with Gasteiger partial charge in [0.2, 0.25) is 0 Å². The van der Waals surface area contributed by atoms with Gasteiger partial charge in [0.05, 0.1) is 14.8 Å². The number of pyridine rings is 1. The zero-order valence-corrected chi connectivity index (χ0v) is 14.0. The van der Waals surface area contributed by atoms with Gasteiger partial charge in [-0.25, -0.2) is 9.97 Å². The molecule has 1 aliphatic carbocycles. The summed E-state index contributed by atoms with van der Waals surface area (Å²) in [5.74, 6) is 1.21. The fraction of sp³-hybridized carbons (Fsp3) is 0.188. The van der Waals surface area contributed by atoms with Crippen LogP contribution in [0.2, 0.25) is 5.15 Å². The first-order chi connectivity index (χ1) is 10.2. The molecule has 2 heterocycles. The van der Waals surface area contributed by atoms with Gasteiger partial charge in [-0.05, 0) is 47.6 Å². The molecule has 0 spiro atoms. The number of para-hydroxylation sites is 1. The molecule has 1 aliphatic rings. The van der Waals surface area contributed by atoms with Crippen LogP contribution in [0.1, 0.15) is 24.5 Å². The molecular weight excluding hydrogens is 397 g/mol. The maximum Gasteiger partial charge on any atom is 0.163 e. The molecule has 3 nitrogen and oxygen atoms in total. The summed E-state index contributed by atoms with van der Waals surface area (Å²) in [6.07, 6.45) is 4.18. The van der Waals surface area contributed by atoms with E-state index < -0.39 is 0 Å². The van der Waals surface area contributed by atoms with Crippen LogP contribution in [0.25, 0.3) is 22.3 Å². The van der Waals surface area contributed by atoms with Gasteiger partial charge in [0, 0.05) is 23.1 Å². The van der Waals surface area contributed by atoms with Gasteiger partial charge in [-0.1, -0.05) is 29.8 Å². The van der Waals surface area contributed by atoms with Crippen molar-refractivity contribution < 1.29 is 0 Å². The minimum absolute atomic E-state index is 0.537. The number of benzene rings is 1. The van der Waals surface area contributed by atoms with Gasteiger partial charge in [-0.2, -0.15) is 0 Å². The van der Waals surface area contributed by atoms with Crippen LogP contribution >= 0.6 is 34.2 Å². The SMILES string of the molecule is Clc1nc(-c2cccc3cccnc23)nc(C2CC2)c1I. The molecule has 4 rings (SSSR count). The third-order valence-electron chi connectivity index (χ3n) is 3.67. The minimum atomic E-state index is 0.537. The van der Waals surface area contributed by atoms with Crippen molar-refractivity contribution >= 4 is 45.1 Å². The van der Waals surface area contributed by atoms with Gasteiger partial charge in [-0.3, -0.25) is 4.98 Å². The van der Waals surface area contributed by atoms with Crippen LogP contribution in [0.5, 0.6) is 0 Å². The third kappa shape index (κ3) is 2.40. The first-order valence-corrected chi connectivity index (χ1v) is 8.27. The first kappa shape index (κ1) is 13.4. The van der Waals surface area contributed by atoms with E-state index in [0.717, 1.165) is 25.7 Å². The molecule has 0 saturated heterocycles. The monoisotopic (exact) mass is 407 g/mol. The number of hydrogen-bond acceptors (Lipinski definition) is 3. The van der Waals surface area contributed by atoms with E-state index in [-0.39, 0.29) is 0 Å². The Bertz CT molecular complexity index is 841. The fourth-order valence-corrected chi connectivity index (χ4v) is 3.33. The highest BCUT2D eigenvalue weighted by Gasteiger charge is 2.29. The quantitative estimate of drug-likeness (QED) is 0.451. The van der Waals surface area contributed by atoms with E-state index in [4.69, 9.17) is 16.6 Å². The van der Waals surface area contributed by atoms with E-state index in [1.54, 1.807) is 6.20 Å². The number of rotatable bonds is 2. The molecule has 0 amide bonds. The Balaban J connectivity index is 1.96. The lowest BCUT2D eigenvalue weighted by molar-refractivity contribution is 0.978. The maximum absolute atomic E-state index is 6.31. The van der Waals surface area contributed by atoms with Crippen molar-refractivity contribution in [3.05, 3.63) is 50.9 Å². The molecule has 0 atom stereocenters. The number of nitrogens with zero attached hydrogens (tertiary/aromatic N) is 3. The number of aromatic nitrogens is 3. The first-order valence-electron chi connectivity index (χ1n) is 6.81. The Morgan fingerprint density at radius 1 is 1.10 bits per heavy atom. The Labute approximate surface area is 140 Å². The van der Waals surface area contributed by atoms with Gasteiger partial charge in [0.25, 0.3) is 0 Å². The van der Waals surface area contributed by atoms with Crippen LogP contribution in [0, 0.1) is 3.57 Å². The van der Waals surface area contributed by atoms with Gasteiger partial charge < -0.3 is 0 Å². The molecule has 21 heavy (non-hydrogen) atoms. The van der Waals surface area contributed by atoms with E-state index in [2.05, 4.69) is 32.6 Å². The average molecular weight is 408 g/mol. The lowest BCUT2D eigenvalue weighted by Crippen LogP contribution is -2.00. The summed E-state index contributed by atoms with van der Waals surface area (Å²) >= 11 is 8.55. The van der Waals surface area contributed by atoms with Crippen molar-refractivity contribution in [3.63, 3.8) is 0 Å². The van der Waals surface area contributed by atoms with Crippen molar-refractivity contribution in [1.29, 1.82) is 0 Å². The predicted molar refractivity (Wildman–Crippen MR) is 92.5 cm³/mol. The van der Waals surface area contributed by atoms with Crippen LogP contribution in [0.4, 0.5) is 0 Å². The van der Waals surface area contributed by atoms with E-state index in [0.29, 0.717) is 16.9 Å². The van der Waals surface area contributed by atoms with Crippen LogP contribution < -0.4 is 0 Å². The summed E-state index contributed by atoms with van der Waals surface area (Å²) in [4.78, 5) is 13.7. The van der Waals surface area contributed by atoms with Crippen molar-refractivity contribution in [2.24, 2.45) is 0 Å². The molecule has 1 saturated carbocycles. The normalized spacial score (nSPS) is 14.6. The molecule has 1 fully saturated rings. The van der Waals surface area contributed by atoms with Crippen molar-refractivity contribution in [2.75, 3.05) is 0 Å². The lowest BCUT2D eigenvalue weighted by atomic mass is 10.1. The number of fused-ring (bicyclic) bond motifs is 1. The molecule has 5 heteroatoms. The predicted octanol–water partition coefficient (Wildman–Crippen LogP) is 4.83. The van der Waals surface area contributed by atoms with E-state index in [1.165, 1.54) is 12.8 Å². The lowest BCUT2D eigenvalue weighted by Gasteiger charge is -2.09. The fourth-order valence-electron chi connectivity index (χ4n) is 2.47. The Morgan fingerprint density at radius 2 is 1.90 bits per heavy atom. The van der Waals surface area contributed by atoms with E-state index >= 15 is 0 Å². The molecule has 0 unspecified atom stereocenters. The highest BCUT2D eigenvalue weighted by molar-refractivity contribution is 14.1. The molecule has 3 aromatic rings. The zero-order valence-electron chi connectivity index (χ0n) is 11.1. The summed E-state index contributed by atoms with van der Waals surface area (Å²) in [7, 11) is 0. The zero-order chi connectivity index (χ0) is 14.4. The van der Waals surface area contributed by atoms with Crippen molar-refractivity contribution in [2.45, 2.75) is 18.8 Å². The summed E-state index contributed by atoms with van der Waals surface area (Å²) in [5, 5.41) is 1.62. The van der Waals surface area contributed by atoms with E-state index in [1.807, 2.05) is 30.3 Å². The second-order valence-electron chi connectivity index (χ2n) is 5.19. The van der Waals surface area contributed by atoms with Crippen LogP contribution in [-0.2, 0) is 0 Å². The van der Waals surface area contributed by atoms with Crippen molar-refractivity contribution in [3.8, 4) is 11.4 Å². The molecule has 0 N–H and O–H groups in total. The number of halogens is 2. The van der Waals surface area contributed by atoms with Crippen molar-refractivity contribution in [1.82, 2.24) is 15.0 Å². The van der Waals surface area contributed by atoms with Crippen LogP contribution in [0.3, 0.4) is 0 Å². The summed E-state index contributed by atoms with van der Waals surface area (Å²) in [6.45, 7) is 0. The molecule has 104 valence electrons. The summed E-state index contributed by atoms with van der Waals surface area (Å²) in [5.41, 5.74) is 2.94. The molecule has 1 aromatic carbocycles. The van der Waals surface area contributed by atoms with Crippen LogP contribution in [-0.4, -0.2) is 15.0 Å². The van der Waals surface area contributed by atoms with Gasteiger partial charge in [0.1, 0.15) is 5.15 Å². The third-order valence-corrected chi connectivity index (χ3v) is 5.33. The maximum atomic E-state index is 6.31. The standard InChI is InChI=1S/C16H11ClIN3/c17-15-12(18)14(10-6-7-10)20-16(21-15)11-5-1-3-9-4-2-8-19-13(9)11/h1-5,8,10H,6-7H2. The molecule has 2 aromatic heterocycles.